The summed E-state index contributed by atoms with van der Waals surface area (Å²) in [6.07, 6.45) is 2.14. The number of rotatable bonds is 4. The van der Waals surface area contributed by atoms with Gasteiger partial charge in [0, 0.05) is 17.1 Å². The van der Waals surface area contributed by atoms with Crippen molar-refractivity contribution in [3.05, 3.63) is 77.1 Å². The molecule has 0 saturated heterocycles. The third-order valence-electron chi connectivity index (χ3n) is 4.08. The van der Waals surface area contributed by atoms with Gasteiger partial charge in [0.15, 0.2) is 4.96 Å². The number of benzene rings is 2. The molecule has 2 heterocycles. The van der Waals surface area contributed by atoms with Gasteiger partial charge in [0.05, 0.1) is 6.42 Å². The van der Waals surface area contributed by atoms with Crippen LogP contribution < -0.4 is 5.32 Å². The van der Waals surface area contributed by atoms with Crippen LogP contribution in [0.3, 0.4) is 0 Å². The zero-order valence-corrected chi connectivity index (χ0v) is 14.9. The monoisotopic (exact) mass is 365 g/mol. The molecule has 0 saturated carbocycles. The Labute approximate surface area is 153 Å². The lowest BCUT2D eigenvalue weighted by Crippen LogP contribution is -2.16. The molecule has 0 aliphatic heterocycles. The molecule has 0 radical (unpaired) electrons. The van der Waals surface area contributed by atoms with E-state index in [9.17, 15) is 9.18 Å². The van der Waals surface area contributed by atoms with Crippen molar-refractivity contribution < 1.29 is 9.18 Å². The first-order chi connectivity index (χ1) is 12.6. The molecule has 0 spiro atoms. The van der Waals surface area contributed by atoms with Crippen LogP contribution in [0.2, 0.25) is 0 Å². The number of thiazole rings is 1. The van der Waals surface area contributed by atoms with E-state index in [0.29, 0.717) is 11.5 Å². The number of imidazole rings is 1. The standard InChI is InChI=1S/C20H16FN3OS/c1-13-3-2-4-14(11-13)12-17(25)22-19-18(15-5-7-16(21)8-6-15)23-20-24(19)9-10-26-20/h2-11H,12H2,1H3,(H,22,25). The Morgan fingerprint density at radius 1 is 1.23 bits per heavy atom. The maximum absolute atomic E-state index is 13.2. The van der Waals surface area contributed by atoms with Crippen LogP contribution in [-0.4, -0.2) is 15.3 Å². The van der Waals surface area contributed by atoms with Crippen LogP contribution in [-0.2, 0) is 11.2 Å². The average molecular weight is 365 g/mol. The third kappa shape index (κ3) is 3.23. The van der Waals surface area contributed by atoms with Crippen molar-refractivity contribution in [3.63, 3.8) is 0 Å². The van der Waals surface area contributed by atoms with Crippen LogP contribution in [0.25, 0.3) is 16.2 Å². The minimum absolute atomic E-state index is 0.119. The van der Waals surface area contributed by atoms with Gasteiger partial charge in [-0.1, -0.05) is 29.8 Å². The molecule has 0 bridgehead atoms. The van der Waals surface area contributed by atoms with Crippen molar-refractivity contribution in [1.29, 1.82) is 0 Å². The number of hydrogen-bond acceptors (Lipinski definition) is 3. The highest BCUT2D eigenvalue weighted by Gasteiger charge is 2.17. The van der Waals surface area contributed by atoms with Gasteiger partial charge in [0.2, 0.25) is 5.91 Å². The number of nitrogens with one attached hydrogen (secondary N) is 1. The first-order valence-electron chi connectivity index (χ1n) is 8.17. The van der Waals surface area contributed by atoms with E-state index in [0.717, 1.165) is 21.7 Å². The first kappa shape index (κ1) is 16.5. The predicted octanol–water partition coefficient (Wildman–Crippen LogP) is 4.69. The molecule has 0 atom stereocenters. The summed E-state index contributed by atoms with van der Waals surface area (Å²) < 4.78 is 15.1. The van der Waals surface area contributed by atoms with E-state index in [1.807, 2.05) is 47.2 Å². The summed E-state index contributed by atoms with van der Waals surface area (Å²) >= 11 is 1.48. The Kier molecular flexibility index (Phi) is 4.26. The molecule has 4 aromatic rings. The van der Waals surface area contributed by atoms with E-state index >= 15 is 0 Å². The number of aryl methyl sites for hydroxylation is 1. The van der Waals surface area contributed by atoms with Crippen molar-refractivity contribution in [2.45, 2.75) is 13.3 Å². The molecule has 0 fully saturated rings. The Hall–Kier alpha value is -2.99. The number of amides is 1. The number of carbonyl (C=O) groups is 1. The molecule has 26 heavy (non-hydrogen) atoms. The molecule has 0 unspecified atom stereocenters. The number of anilines is 1. The van der Waals surface area contributed by atoms with Crippen molar-refractivity contribution in [2.24, 2.45) is 0 Å². The lowest BCUT2D eigenvalue weighted by molar-refractivity contribution is -0.115. The Morgan fingerprint density at radius 3 is 2.81 bits per heavy atom. The second-order valence-electron chi connectivity index (χ2n) is 6.09. The van der Waals surface area contributed by atoms with Crippen LogP contribution in [0.15, 0.2) is 60.1 Å². The second kappa shape index (κ2) is 6.72. The van der Waals surface area contributed by atoms with E-state index in [4.69, 9.17) is 0 Å². The fourth-order valence-corrected chi connectivity index (χ4v) is 3.61. The van der Waals surface area contributed by atoms with E-state index in [1.54, 1.807) is 12.1 Å². The SMILES string of the molecule is Cc1cccc(CC(=O)Nc2c(-c3ccc(F)cc3)nc3sccn23)c1. The van der Waals surface area contributed by atoms with Crippen molar-refractivity contribution in [1.82, 2.24) is 9.38 Å². The number of aromatic nitrogens is 2. The highest BCUT2D eigenvalue weighted by Crippen LogP contribution is 2.31. The summed E-state index contributed by atoms with van der Waals surface area (Å²) in [6.45, 7) is 2.00. The summed E-state index contributed by atoms with van der Waals surface area (Å²) in [5, 5.41) is 4.88. The number of carbonyl (C=O) groups excluding carboxylic acids is 1. The maximum Gasteiger partial charge on any atom is 0.229 e. The molecule has 130 valence electrons. The van der Waals surface area contributed by atoms with E-state index in [2.05, 4.69) is 10.3 Å². The van der Waals surface area contributed by atoms with Crippen LogP contribution in [0.5, 0.6) is 0 Å². The van der Waals surface area contributed by atoms with E-state index in [1.165, 1.54) is 23.5 Å². The van der Waals surface area contributed by atoms with Crippen molar-refractivity contribution in [3.8, 4) is 11.3 Å². The summed E-state index contributed by atoms with van der Waals surface area (Å²) in [4.78, 5) is 17.9. The van der Waals surface area contributed by atoms with Gasteiger partial charge < -0.3 is 5.32 Å². The molecule has 1 N–H and O–H groups in total. The van der Waals surface area contributed by atoms with Gasteiger partial charge >= 0.3 is 0 Å². The highest BCUT2D eigenvalue weighted by molar-refractivity contribution is 7.15. The largest absolute Gasteiger partial charge is 0.310 e. The minimum atomic E-state index is -0.306. The molecule has 0 aliphatic rings. The minimum Gasteiger partial charge on any atom is -0.310 e. The zero-order valence-electron chi connectivity index (χ0n) is 14.1. The summed E-state index contributed by atoms with van der Waals surface area (Å²) in [5.41, 5.74) is 3.46. The molecule has 0 aliphatic carbocycles. The van der Waals surface area contributed by atoms with Crippen LogP contribution in [0, 0.1) is 12.7 Å². The molecular weight excluding hydrogens is 349 g/mol. The molecule has 2 aromatic heterocycles. The van der Waals surface area contributed by atoms with E-state index in [-0.39, 0.29) is 18.1 Å². The van der Waals surface area contributed by atoms with Crippen molar-refractivity contribution >= 4 is 28.0 Å². The average Bonchev–Trinajstić information content (AvgIpc) is 3.18. The van der Waals surface area contributed by atoms with E-state index < -0.39 is 0 Å². The molecular formula is C20H16FN3OS. The predicted molar refractivity (Wildman–Crippen MR) is 102 cm³/mol. The molecule has 6 heteroatoms. The fraction of sp³-hybridized carbons (Fsp3) is 0.100. The smallest absolute Gasteiger partial charge is 0.229 e. The first-order valence-corrected chi connectivity index (χ1v) is 9.05. The number of hydrogen-bond donors (Lipinski definition) is 1. The number of fused-ring (bicyclic) bond motifs is 1. The van der Waals surface area contributed by atoms with Gasteiger partial charge in [-0.05, 0) is 36.8 Å². The summed E-state index contributed by atoms with van der Waals surface area (Å²) in [6, 6.07) is 14.0. The van der Waals surface area contributed by atoms with Crippen LogP contribution in [0.1, 0.15) is 11.1 Å². The lowest BCUT2D eigenvalue weighted by atomic mass is 10.1. The van der Waals surface area contributed by atoms with Gasteiger partial charge in [-0.25, -0.2) is 9.37 Å². The van der Waals surface area contributed by atoms with Crippen molar-refractivity contribution in [2.75, 3.05) is 5.32 Å². The Balaban J connectivity index is 1.66. The summed E-state index contributed by atoms with van der Waals surface area (Å²) in [7, 11) is 0. The molecule has 4 rings (SSSR count). The lowest BCUT2D eigenvalue weighted by Gasteiger charge is -2.08. The number of nitrogens with zero attached hydrogens (tertiary/aromatic N) is 2. The van der Waals surface area contributed by atoms with Gasteiger partial charge in [-0.3, -0.25) is 9.20 Å². The topological polar surface area (TPSA) is 46.4 Å². The van der Waals surface area contributed by atoms with Crippen LogP contribution >= 0.6 is 11.3 Å². The maximum atomic E-state index is 13.2. The molecule has 1 amide bonds. The number of halogens is 1. The molecule has 2 aromatic carbocycles. The van der Waals surface area contributed by atoms with Gasteiger partial charge in [0.25, 0.3) is 0 Å². The van der Waals surface area contributed by atoms with Gasteiger partial charge in [-0.15, -0.1) is 11.3 Å². The highest BCUT2D eigenvalue weighted by atomic mass is 32.1. The Bertz CT molecular complexity index is 1080. The van der Waals surface area contributed by atoms with Gasteiger partial charge in [-0.2, -0.15) is 0 Å². The second-order valence-corrected chi connectivity index (χ2v) is 6.96. The fourth-order valence-electron chi connectivity index (χ4n) is 2.90. The molecule has 4 nitrogen and oxygen atoms in total. The zero-order chi connectivity index (χ0) is 18.1. The summed E-state index contributed by atoms with van der Waals surface area (Å²) in [5.74, 6) is 0.178. The quantitative estimate of drug-likeness (QED) is 0.570. The third-order valence-corrected chi connectivity index (χ3v) is 4.84. The Morgan fingerprint density at radius 2 is 2.04 bits per heavy atom. The van der Waals surface area contributed by atoms with Gasteiger partial charge in [0.1, 0.15) is 17.3 Å². The van der Waals surface area contributed by atoms with Crippen LogP contribution in [0.4, 0.5) is 10.2 Å². The normalized spacial score (nSPS) is 11.0.